The minimum atomic E-state index is -0.564. The van der Waals surface area contributed by atoms with Crippen molar-refractivity contribution in [2.75, 3.05) is 0 Å². The van der Waals surface area contributed by atoms with Crippen molar-refractivity contribution in [3.05, 3.63) is 29.8 Å². The first-order chi connectivity index (χ1) is 6.18. The van der Waals surface area contributed by atoms with Crippen LogP contribution < -0.4 is 5.46 Å². The van der Waals surface area contributed by atoms with Crippen LogP contribution in [0, 0.1) is 12.9 Å². The molecule has 2 aromatic rings. The van der Waals surface area contributed by atoms with Crippen molar-refractivity contribution in [2.45, 2.75) is 6.92 Å². The second-order valence-corrected chi connectivity index (χ2v) is 2.81. The van der Waals surface area contributed by atoms with E-state index in [2.05, 4.69) is 9.97 Å². The Kier molecular flexibility index (Phi) is 1.76. The molecule has 2 nitrogen and oxygen atoms in total. The zero-order valence-electron chi connectivity index (χ0n) is 7.08. The normalized spacial score (nSPS) is 10.6. The molecule has 0 atom stereocenters. The second-order valence-electron chi connectivity index (χ2n) is 2.81. The molecule has 0 aliphatic rings. The predicted molar refractivity (Wildman–Crippen MR) is 49.6 cm³/mol. The molecule has 0 aliphatic carbocycles. The van der Waals surface area contributed by atoms with E-state index in [1.807, 2.05) is 0 Å². The predicted octanol–water partition coefficient (Wildman–Crippen LogP) is 0.871. The number of benzene rings is 1. The van der Waals surface area contributed by atoms with Crippen LogP contribution in [-0.4, -0.2) is 17.8 Å². The molecule has 0 amide bonds. The topological polar surface area (TPSA) is 25.8 Å². The highest BCUT2D eigenvalue weighted by Crippen LogP contribution is 2.08. The van der Waals surface area contributed by atoms with Gasteiger partial charge in [-0.25, -0.2) is 9.97 Å². The molecule has 0 bridgehead atoms. The minimum absolute atomic E-state index is 0.290. The van der Waals surface area contributed by atoms with E-state index in [9.17, 15) is 4.39 Å². The zero-order chi connectivity index (χ0) is 9.42. The van der Waals surface area contributed by atoms with Gasteiger partial charge in [0.2, 0.25) is 5.95 Å². The molecular weight excluding hydrogens is 166 g/mol. The summed E-state index contributed by atoms with van der Waals surface area (Å²) < 4.78 is 13.0. The number of hydrogen-bond acceptors (Lipinski definition) is 2. The molecular formula is C9H6BFN2. The number of hydrogen-bond donors (Lipinski definition) is 0. The van der Waals surface area contributed by atoms with Gasteiger partial charge in [0, 0.05) is 0 Å². The first kappa shape index (κ1) is 8.17. The quantitative estimate of drug-likeness (QED) is 0.551. The Balaban J connectivity index is 2.89. The molecule has 0 fully saturated rings. The summed E-state index contributed by atoms with van der Waals surface area (Å²) in [5.41, 5.74) is 1.78. The van der Waals surface area contributed by atoms with Gasteiger partial charge >= 0.3 is 0 Å². The first-order valence-electron chi connectivity index (χ1n) is 3.87. The van der Waals surface area contributed by atoms with Crippen LogP contribution in [0.4, 0.5) is 4.39 Å². The van der Waals surface area contributed by atoms with Gasteiger partial charge in [0.15, 0.2) is 0 Å². The van der Waals surface area contributed by atoms with E-state index in [0.29, 0.717) is 16.5 Å². The fourth-order valence-corrected chi connectivity index (χ4v) is 1.17. The highest BCUT2D eigenvalue weighted by molar-refractivity contribution is 6.37. The van der Waals surface area contributed by atoms with Gasteiger partial charge in [-0.1, -0.05) is 17.6 Å². The summed E-state index contributed by atoms with van der Waals surface area (Å²) >= 11 is 0. The lowest BCUT2D eigenvalue weighted by molar-refractivity contribution is 0.572. The fraction of sp³-hybridized carbons (Fsp3) is 0.111. The van der Waals surface area contributed by atoms with Gasteiger partial charge in [-0.05, 0) is 13.0 Å². The van der Waals surface area contributed by atoms with Crippen LogP contribution >= 0.6 is 0 Å². The fourth-order valence-electron chi connectivity index (χ4n) is 1.17. The first-order valence-corrected chi connectivity index (χ1v) is 3.87. The molecule has 0 unspecified atom stereocenters. The van der Waals surface area contributed by atoms with Crippen molar-refractivity contribution >= 4 is 24.3 Å². The Morgan fingerprint density at radius 1 is 1.31 bits per heavy atom. The molecule has 0 saturated heterocycles. The van der Waals surface area contributed by atoms with E-state index < -0.39 is 5.95 Å². The third-order valence-corrected chi connectivity index (χ3v) is 1.84. The molecule has 1 aromatic carbocycles. The van der Waals surface area contributed by atoms with Gasteiger partial charge in [0.25, 0.3) is 0 Å². The van der Waals surface area contributed by atoms with Crippen molar-refractivity contribution < 1.29 is 4.39 Å². The summed E-state index contributed by atoms with van der Waals surface area (Å²) in [7, 11) is 5.61. The molecule has 0 spiro atoms. The molecule has 13 heavy (non-hydrogen) atoms. The van der Waals surface area contributed by atoms with E-state index >= 15 is 0 Å². The lowest BCUT2D eigenvalue weighted by atomic mass is 9.94. The second kappa shape index (κ2) is 2.80. The van der Waals surface area contributed by atoms with Crippen LogP contribution in [0.2, 0.25) is 0 Å². The van der Waals surface area contributed by atoms with Crippen molar-refractivity contribution in [3.63, 3.8) is 0 Å². The van der Waals surface area contributed by atoms with Gasteiger partial charge in [-0.2, -0.15) is 4.39 Å². The number of rotatable bonds is 0. The SMILES string of the molecule is [B]c1cccc2nc(C)c(F)nc12. The molecule has 1 heterocycles. The van der Waals surface area contributed by atoms with E-state index in [0.717, 1.165) is 0 Å². The summed E-state index contributed by atoms with van der Waals surface area (Å²) in [6, 6.07) is 5.20. The maximum atomic E-state index is 13.0. The van der Waals surface area contributed by atoms with Crippen LogP contribution in [0.25, 0.3) is 11.0 Å². The standard InChI is InChI=1S/C9H6BFN2/c1-5-9(11)13-8-6(10)3-2-4-7(8)12-5/h2-4H,1H3. The van der Waals surface area contributed by atoms with Crippen LogP contribution in [0.3, 0.4) is 0 Å². The smallest absolute Gasteiger partial charge is 0.234 e. The van der Waals surface area contributed by atoms with E-state index in [1.165, 1.54) is 0 Å². The van der Waals surface area contributed by atoms with Gasteiger partial charge in [-0.15, -0.1) is 0 Å². The molecule has 0 N–H and O–H groups in total. The number of aryl methyl sites for hydroxylation is 1. The van der Waals surface area contributed by atoms with E-state index in [4.69, 9.17) is 7.85 Å². The average Bonchev–Trinajstić information content (AvgIpc) is 2.09. The largest absolute Gasteiger partial charge is 0.247 e. The number of para-hydroxylation sites is 1. The third-order valence-electron chi connectivity index (χ3n) is 1.84. The van der Waals surface area contributed by atoms with Gasteiger partial charge < -0.3 is 0 Å². The summed E-state index contributed by atoms with van der Waals surface area (Å²) in [5.74, 6) is -0.564. The monoisotopic (exact) mass is 172 g/mol. The Morgan fingerprint density at radius 3 is 2.85 bits per heavy atom. The van der Waals surface area contributed by atoms with Crippen LogP contribution in [0.5, 0.6) is 0 Å². The third kappa shape index (κ3) is 1.28. The summed E-state index contributed by atoms with van der Waals surface area (Å²) in [6.07, 6.45) is 0. The molecule has 2 rings (SSSR count). The Bertz CT molecular complexity index is 470. The number of fused-ring (bicyclic) bond motifs is 1. The van der Waals surface area contributed by atoms with Crippen LogP contribution in [0.15, 0.2) is 18.2 Å². The molecule has 0 saturated carbocycles. The minimum Gasteiger partial charge on any atom is -0.247 e. The van der Waals surface area contributed by atoms with Gasteiger partial charge in [0.05, 0.1) is 16.7 Å². The average molecular weight is 172 g/mol. The van der Waals surface area contributed by atoms with Gasteiger partial charge in [-0.3, -0.25) is 0 Å². The molecule has 4 heteroatoms. The lowest BCUT2D eigenvalue weighted by Gasteiger charge is -2.01. The highest BCUT2D eigenvalue weighted by Gasteiger charge is 2.04. The van der Waals surface area contributed by atoms with Gasteiger partial charge in [0.1, 0.15) is 7.85 Å². The number of aromatic nitrogens is 2. The molecule has 2 radical (unpaired) electrons. The van der Waals surface area contributed by atoms with Crippen LogP contribution in [0.1, 0.15) is 5.69 Å². The highest BCUT2D eigenvalue weighted by atomic mass is 19.1. The Hall–Kier alpha value is -1.45. The molecule has 0 aliphatic heterocycles. The van der Waals surface area contributed by atoms with E-state index in [-0.39, 0.29) is 5.69 Å². The summed E-state index contributed by atoms with van der Waals surface area (Å²) in [4.78, 5) is 7.74. The van der Waals surface area contributed by atoms with Crippen molar-refractivity contribution in [2.24, 2.45) is 0 Å². The van der Waals surface area contributed by atoms with E-state index in [1.54, 1.807) is 25.1 Å². The molecule has 62 valence electrons. The maximum absolute atomic E-state index is 13.0. The number of nitrogens with zero attached hydrogens (tertiary/aromatic N) is 2. The summed E-state index contributed by atoms with van der Waals surface area (Å²) in [5, 5.41) is 0. The molecule has 1 aromatic heterocycles. The van der Waals surface area contributed by atoms with Crippen molar-refractivity contribution in [1.82, 2.24) is 9.97 Å². The Labute approximate surface area is 76.2 Å². The Morgan fingerprint density at radius 2 is 2.08 bits per heavy atom. The van der Waals surface area contributed by atoms with Crippen molar-refractivity contribution in [3.8, 4) is 0 Å². The lowest BCUT2D eigenvalue weighted by Crippen LogP contribution is -2.07. The maximum Gasteiger partial charge on any atom is 0.234 e. The van der Waals surface area contributed by atoms with Crippen molar-refractivity contribution in [1.29, 1.82) is 0 Å². The summed E-state index contributed by atoms with van der Waals surface area (Å²) in [6.45, 7) is 1.57. The zero-order valence-corrected chi connectivity index (χ0v) is 7.08. The van der Waals surface area contributed by atoms with Crippen LogP contribution in [-0.2, 0) is 0 Å². The number of halogens is 1.